The molecule has 0 bridgehead atoms. The van der Waals surface area contributed by atoms with Gasteiger partial charge in [-0.1, -0.05) is 139 Å². The minimum atomic E-state index is -0.477. The summed E-state index contributed by atoms with van der Waals surface area (Å²) in [6, 6.07) is 25.1. The number of fused-ring (bicyclic) bond motifs is 5. The molecule has 39 heavy (non-hydrogen) atoms. The van der Waals surface area contributed by atoms with Crippen molar-refractivity contribution in [3.8, 4) is 33.4 Å². The molecule has 1 heterocycles. The Balaban J connectivity index is 1.57. The van der Waals surface area contributed by atoms with E-state index >= 15 is 0 Å². The molecule has 0 aliphatic heterocycles. The summed E-state index contributed by atoms with van der Waals surface area (Å²) in [5.41, 5.74) is 4.04. The van der Waals surface area contributed by atoms with Gasteiger partial charge in [0.25, 0.3) is 0 Å². The Bertz CT molecular complexity index is 2630. The maximum absolute atomic E-state index is 9.23. The zero-order chi connectivity index (χ0) is 33.6. The van der Waals surface area contributed by atoms with Crippen LogP contribution in [0.15, 0.2) is 150 Å². The van der Waals surface area contributed by atoms with Gasteiger partial charge in [0.1, 0.15) is 11.2 Å². The molecule has 8 aromatic rings. The molecule has 7 aromatic carbocycles. The smallest absolute Gasteiger partial charge is 0.143 e. The largest absolute Gasteiger partial charge is 0.455 e. The van der Waals surface area contributed by atoms with Crippen molar-refractivity contribution in [2.75, 3.05) is 0 Å². The third kappa shape index (κ3) is 3.34. The fourth-order valence-corrected chi connectivity index (χ4v) is 5.70. The molecule has 0 radical (unpaired) electrons. The molecule has 1 heteroatoms. The number of para-hydroxylation sites is 1. The van der Waals surface area contributed by atoms with E-state index in [1.165, 1.54) is 0 Å². The third-order valence-electron chi connectivity index (χ3n) is 7.28. The Hall–Kier alpha value is -5.14. The van der Waals surface area contributed by atoms with Crippen LogP contribution in [0.1, 0.15) is 12.3 Å². The van der Waals surface area contributed by atoms with Gasteiger partial charge in [0.15, 0.2) is 0 Å². The van der Waals surface area contributed by atoms with Crippen LogP contribution in [0.5, 0.6) is 0 Å². The second kappa shape index (κ2) is 8.72. The maximum Gasteiger partial charge on any atom is 0.143 e. The number of rotatable bonds is 3. The highest BCUT2D eigenvalue weighted by atomic mass is 16.3. The van der Waals surface area contributed by atoms with Crippen LogP contribution in [0.3, 0.4) is 0 Å². The van der Waals surface area contributed by atoms with E-state index in [2.05, 4.69) is 0 Å². The van der Waals surface area contributed by atoms with Gasteiger partial charge in [-0.2, -0.15) is 0 Å². The molecular weight excluding hydrogens is 472 g/mol. The van der Waals surface area contributed by atoms with E-state index in [1.54, 1.807) is 18.2 Å². The van der Waals surface area contributed by atoms with Crippen molar-refractivity contribution in [3.63, 3.8) is 0 Å². The van der Waals surface area contributed by atoms with Gasteiger partial charge < -0.3 is 4.42 Å². The number of furan rings is 1. The molecule has 0 unspecified atom stereocenters. The summed E-state index contributed by atoms with van der Waals surface area (Å²) in [6.45, 7) is 0. The molecule has 0 saturated heterocycles. The first kappa shape index (κ1) is 14.7. The van der Waals surface area contributed by atoms with Crippen LogP contribution in [-0.2, 0) is 0 Å². The van der Waals surface area contributed by atoms with Gasteiger partial charge in [-0.15, -0.1) is 0 Å². The fraction of sp³-hybridized carbons (Fsp3) is 0. The molecule has 182 valence electrons. The Morgan fingerprint density at radius 3 is 1.85 bits per heavy atom. The Kier molecular flexibility index (Phi) is 3.29. The highest BCUT2D eigenvalue weighted by molar-refractivity contribution is 6.26. The van der Waals surface area contributed by atoms with Crippen LogP contribution < -0.4 is 0 Å². The Morgan fingerprint density at radius 1 is 0.436 bits per heavy atom. The fourth-order valence-electron chi connectivity index (χ4n) is 5.70. The lowest BCUT2D eigenvalue weighted by atomic mass is 9.85. The Morgan fingerprint density at radius 2 is 1.05 bits per heavy atom. The molecule has 0 aliphatic carbocycles. The van der Waals surface area contributed by atoms with E-state index < -0.39 is 18.1 Å². The van der Waals surface area contributed by atoms with Crippen molar-refractivity contribution in [3.05, 3.63) is 145 Å². The minimum Gasteiger partial charge on any atom is -0.455 e. The van der Waals surface area contributed by atoms with Gasteiger partial charge in [-0.05, 0) is 55.4 Å². The molecule has 0 saturated carbocycles. The van der Waals surface area contributed by atoms with Crippen molar-refractivity contribution >= 4 is 43.5 Å². The summed E-state index contributed by atoms with van der Waals surface area (Å²) in [6.07, 6.45) is 0. The van der Waals surface area contributed by atoms with Gasteiger partial charge in [0.05, 0.1) is 12.3 Å². The van der Waals surface area contributed by atoms with Gasteiger partial charge >= 0.3 is 0 Å². The normalized spacial score (nSPS) is 14.8. The van der Waals surface area contributed by atoms with Crippen molar-refractivity contribution < 1.29 is 16.8 Å². The van der Waals surface area contributed by atoms with Crippen molar-refractivity contribution in [1.29, 1.82) is 0 Å². The molecule has 0 spiro atoms. The second-order valence-corrected chi connectivity index (χ2v) is 9.37. The van der Waals surface area contributed by atoms with Gasteiger partial charge in [0.2, 0.25) is 0 Å². The Labute approximate surface area is 239 Å². The van der Waals surface area contributed by atoms with E-state index in [0.29, 0.717) is 55.0 Å². The zero-order valence-corrected chi connectivity index (χ0v) is 20.6. The van der Waals surface area contributed by atoms with Crippen LogP contribution in [0.2, 0.25) is 0 Å². The predicted molar refractivity (Wildman–Crippen MR) is 165 cm³/mol. The first-order valence-electron chi connectivity index (χ1n) is 17.1. The lowest BCUT2D eigenvalue weighted by Gasteiger charge is -2.18. The molecule has 0 amide bonds. The topological polar surface area (TPSA) is 13.1 Å². The minimum absolute atomic E-state index is 0.0319. The summed E-state index contributed by atoms with van der Waals surface area (Å²) in [5.74, 6) is 0. The third-order valence-corrected chi connectivity index (χ3v) is 7.28. The van der Waals surface area contributed by atoms with E-state index in [9.17, 15) is 1.37 Å². The second-order valence-electron chi connectivity index (χ2n) is 9.37. The van der Waals surface area contributed by atoms with Crippen molar-refractivity contribution in [2.24, 2.45) is 0 Å². The molecule has 1 aromatic heterocycles. The molecule has 0 aliphatic rings. The van der Waals surface area contributed by atoms with Crippen LogP contribution >= 0.6 is 0 Å². The van der Waals surface area contributed by atoms with Crippen LogP contribution in [-0.4, -0.2) is 0 Å². The molecule has 1 nitrogen and oxygen atoms in total. The molecule has 0 atom stereocenters. The van der Waals surface area contributed by atoms with Crippen LogP contribution in [0.25, 0.3) is 76.9 Å². The number of hydrogen-bond acceptors (Lipinski definition) is 1. The van der Waals surface area contributed by atoms with Gasteiger partial charge in [-0.25, -0.2) is 0 Å². The average molecular weight is 506 g/mol. The average Bonchev–Trinajstić information content (AvgIpc) is 3.50. The molecule has 8 rings (SSSR count). The highest BCUT2D eigenvalue weighted by Crippen LogP contribution is 2.47. The standard InChI is InChI=1S/C38H24O/c1-3-13-25(14-4-1)27-21-11-23-33-37-32(22-12-24-34(37)39-38(27)33)36-30-19-9-7-17-28(30)35(26-15-5-2-6-16-26)29-18-8-10-20-31(29)36/h1-24H/i1D,3D,4D,7D,9D,13D,14D,17D,19D. The van der Waals surface area contributed by atoms with Crippen molar-refractivity contribution in [1.82, 2.24) is 0 Å². The van der Waals surface area contributed by atoms with E-state index in [0.717, 1.165) is 16.3 Å². The molecule has 0 fully saturated rings. The molecular formula is C38H24O. The maximum atomic E-state index is 9.23. The van der Waals surface area contributed by atoms with E-state index in [-0.39, 0.29) is 41.8 Å². The van der Waals surface area contributed by atoms with E-state index in [1.807, 2.05) is 72.8 Å². The SMILES string of the molecule is [2H]c1c([2H])c([2H])c(-c2cccc3c2oc2cccc(-c4c5ccccc5c(-c5ccccc5)c5c([2H])c([2H])c([2H])c([2H])c45)c23)c([2H])c1[2H]. The van der Waals surface area contributed by atoms with Crippen molar-refractivity contribution in [2.45, 2.75) is 0 Å². The number of hydrogen-bond donors (Lipinski definition) is 0. The summed E-state index contributed by atoms with van der Waals surface area (Å²) in [5, 5.41) is 3.70. The number of benzene rings is 7. The van der Waals surface area contributed by atoms with Gasteiger partial charge in [0, 0.05) is 16.3 Å². The first-order valence-corrected chi connectivity index (χ1v) is 12.6. The van der Waals surface area contributed by atoms with Crippen LogP contribution in [0.4, 0.5) is 0 Å². The summed E-state index contributed by atoms with van der Waals surface area (Å²) in [4.78, 5) is 0. The quantitative estimate of drug-likeness (QED) is 0.218. The lowest BCUT2D eigenvalue weighted by molar-refractivity contribution is 0.670. The lowest BCUT2D eigenvalue weighted by Crippen LogP contribution is -1.91. The highest BCUT2D eigenvalue weighted by Gasteiger charge is 2.20. The summed E-state index contributed by atoms with van der Waals surface area (Å²) in [7, 11) is 0. The van der Waals surface area contributed by atoms with E-state index in [4.69, 9.17) is 15.4 Å². The summed E-state index contributed by atoms with van der Waals surface area (Å²) >= 11 is 0. The first-order chi connectivity index (χ1) is 23.1. The monoisotopic (exact) mass is 505 g/mol. The van der Waals surface area contributed by atoms with Gasteiger partial charge in [-0.3, -0.25) is 0 Å². The zero-order valence-electron chi connectivity index (χ0n) is 29.6. The van der Waals surface area contributed by atoms with Crippen LogP contribution in [0, 0.1) is 0 Å². The molecule has 0 N–H and O–H groups in total. The summed E-state index contributed by atoms with van der Waals surface area (Å²) < 4.78 is 83.9. The predicted octanol–water partition coefficient (Wildman–Crippen LogP) is 10.9.